The molecule has 0 saturated heterocycles. The molecule has 0 bridgehead atoms. The molecule has 5 heteroatoms. The number of hydrogen-bond acceptors (Lipinski definition) is 4. The van der Waals surface area contributed by atoms with Gasteiger partial charge in [-0.25, -0.2) is 0 Å². The first-order valence-corrected chi connectivity index (χ1v) is 5.62. The minimum atomic E-state index is -0.0165. The van der Waals surface area contributed by atoms with E-state index in [-0.39, 0.29) is 5.91 Å². The SMILES string of the molecule is CN(C)CCNC(=O)c1cc(S)cs1. The minimum absolute atomic E-state index is 0.0165. The number of thiophene rings is 1. The van der Waals surface area contributed by atoms with Crippen LogP contribution in [0.1, 0.15) is 9.67 Å². The van der Waals surface area contributed by atoms with Crippen molar-refractivity contribution >= 4 is 29.9 Å². The number of carbonyl (C=O) groups is 1. The van der Waals surface area contributed by atoms with Gasteiger partial charge in [-0.1, -0.05) is 0 Å². The van der Waals surface area contributed by atoms with Gasteiger partial charge in [-0.3, -0.25) is 4.79 Å². The second-order valence-electron chi connectivity index (χ2n) is 3.23. The second-order valence-corrected chi connectivity index (χ2v) is 4.66. The third-order valence-corrected chi connectivity index (χ3v) is 3.02. The first-order chi connectivity index (χ1) is 6.59. The van der Waals surface area contributed by atoms with Gasteiger partial charge in [0.25, 0.3) is 5.91 Å². The van der Waals surface area contributed by atoms with E-state index in [1.54, 1.807) is 6.07 Å². The monoisotopic (exact) mass is 230 g/mol. The molecular formula is C9H14N2OS2. The molecule has 1 heterocycles. The van der Waals surface area contributed by atoms with Crippen molar-refractivity contribution in [1.82, 2.24) is 10.2 Å². The summed E-state index contributed by atoms with van der Waals surface area (Å²) in [5, 5.41) is 4.69. The van der Waals surface area contributed by atoms with Crippen molar-refractivity contribution in [2.75, 3.05) is 27.2 Å². The smallest absolute Gasteiger partial charge is 0.261 e. The van der Waals surface area contributed by atoms with E-state index < -0.39 is 0 Å². The maximum atomic E-state index is 11.5. The Morgan fingerprint density at radius 3 is 2.86 bits per heavy atom. The van der Waals surface area contributed by atoms with Crippen LogP contribution in [0.4, 0.5) is 0 Å². The zero-order chi connectivity index (χ0) is 10.6. The highest BCUT2D eigenvalue weighted by Gasteiger charge is 2.06. The number of amides is 1. The van der Waals surface area contributed by atoms with Gasteiger partial charge in [0.1, 0.15) is 0 Å². The number of rotatable bonds is 4. The van der Waals surface area contributed by atoms with Crippen LogP contribution >= 0.6 is 24.0 Å². The van der Waals surface area contributed by atoms with Crippen molar-refractivity contribution < 1.29 is 4.79 Å². The molecule has 0 atom stereocenters. The van der Waals surface area contributed by atoms with Crippen molar-refractivity contribution in [3.63, 3.8) is 0 Å². The molecule has 1 rings (SSSR count). The molecule has 1 amide bonds. The predicted molar refractivity (Wildman–Crippen MR) is 62.5 cm³/mol. The zero-order valence-corrected chi connectivity index (χ0v) is 9.99. The molecule has 0 aliphatic carbocycles. The number of nitrogens with zero attached hydrogens (tertiary/aromatic N) is 1. The third kappa shape index (κ3) is 3.69. The third-order valence-electron chi connectivity index (χ3n) is 1.65. The first-order valence-electron chi connectivity index (χ1n) is 4.30. The van der Waals surface area contributed by atoms with Crippen LogP contribution in [0.3, 0.4) is 0 Å². The van der Waals surface area contributed by atoms with Gasteiger partial charge >= 0.3 is 0 Å². The van der Waals surface area contributed by atoms with E-state index in [0.29, 0.717) is 11.4 Å². The molecule has 0 radical (unpaired) electrons. The van der Waals surface area contributed by atoms with Gasteiger partial charge in [0.2, 0.25) is 0 Å². The summed E-state index contributed by atoms with van der Waals surface area (Å²) in [6.07, 6.45) is 0. The highest BCUT2D eigenvalue weighted by Crippen LogP contribution is 2.16. The highest BCUT2D eigenvalue weighted by atomic mass is 32.1. The van der Waals surface area contributed by atoms with Gasteiger partial charge in [-0.05, 0) is 20.2 Å². The zero-order valence-electron chi connectivity index (χ0n) is 8.28. The van der Waals surface area contributed by atoms with Crippen LogP contribution in [0.25, 0.3) is 0 Å². The van der Waals surface area contributed by atoms with Crippen LogP contribution in [0.15, 0.2) is 16.3 Å². The maximum Gasteiger partial charge on any atom is 0.261 e. The number of thiol groups is 1. The molecule has 1 aromatic heterocycles. The quantitative estimate of drug-likeness (QED) is 0.765. The molecular weight excluding hydrogens is 216 g/mol. The first kappa shape index (κ1) is 11.6. The Hall–Kier alpha value is -0.520. The fourth-order valence-corrected chi connectivity index (χ4v) is 1.99. The molecule has 1 aromatic rings. The average Bonchev–Trinajstić information content (AvgIpc) is 2.51. The van der Waals surface area contributed by atoms with Gasteiger partial charge in [-0.15, -0.1) is 24.0 Å². The molecule has 1 N–H and O–H groups in total. The van der Waals surface area contributed by atoms with Crippen molar-refractivity contribution in [3.8, 4) is 0 Å². The summed E-state index contributed by atoms with van der Waals surface area (Å²) in [5.74, 6) is -0.0165. The molecule has 0 aliphatic rings. The van der Waals surface area contributed by atoms with Crippen LogP contribution < -0.4 is 5.32 Å². The van der Waals surface area contributed by atoms with Crippen LogP contribution in [0, 0.1) is 0 Å². The fourth-order valence-electron chi connectivity index (χ4n) is 0.925. The summed E-state index contributed by atoms with van der Waals surface area (Å²) < 4.78 is 0. The lowest BCUT2D eigenvalue weighted by atomic mass is 10.4. The van der Waals surface area contributed by atoms with Gasteiger partial charge < -0.3 is 10.2 Å². The molecule has 0 fully saturated rings. The van der Waals surface area contributed by atoms with Gasteiger partial charge in [0.05, 0.1) is 4.88 Å². The second kappa shape index (κ2) is 5.38. The van der Waals surface area contributed by atoms with Crippen LogP contribution in [-0.2, 0) is 0 Å². The van der Waals surface area contributed by atoms with Crippen molar-refractivity contribution in [3.05, 3.63) is 16.3 Å². The van der Waals surface area contributed by atoms with E-state index in [2.05, 4.69) is 17.9 Å². The Balaban J connectivity index is 2.36. The Morgan fingerprint density at radius 2 is 2.36 bits per heavy atom. The number of nitrogens with one attached hydrogen (secondary N) is 1. The lowest BCUT2D eigenvalue weighted by molar-refractivity contribution is 0.0955. The minimum Gasteiger partial charge on any atom is -0.350 e. The summed E-state index contributed by atoms with van der Waals surface area (Å²) in [7, 11) is 3.95. The maximum absolute atomic E-state index is 11.5. The molecule has 3 nitrogen and oxygen atoms in total. The Labute approximate surface area is 93.5 Å². The molecule has 0 aliphatic heterocycles. The van der Waals surface area contributed by atoms with Crippen LogP contribution in [0.5, 0.6) is 0 Å². The fraction of sp³-hybridized carbons (Fsp3) is 0.444. The number of hydrogen-bond donors (Lipinski definition) is 2. The van der Waals surface area contributed by atoms with E-state index in [9.17, 15) is 4.79 Å². The van der Waals surface area contributed by atoms with E-state index in [0.717, 1.165) is 11.4 Å². The Morgan fingerprint density at radius 1 is 1.64 bits per heavy atom. The molecule has 0 spiro atoms. The van der Waals surface area contributed by atoms with E-state index >= 15 is 0 Å². The van der Waals surface area contributed by atoms with Gasteiger partial charge in [0, 0.05) is 23.4 Å². The summed E-state index contributed by atoms with van der Waals surface area (Å²) in [4.78, 5) is 15.1. The average molecular weight is 230 g/mol. The van der Waals surface area contributed by atoms with E-state index in [4.69, 9.17) is 0 Å². The lowest BCUT2D eigenvalue weighted by Gasteiger charge is -2.09. The standard InChI is InChI=1S/C9H14N2OS2/c1-11(2)4-3-10-9(12)8-5-7(13)6-14-8/h5-6,13H,3-4H2,1-2H3,(H,10,12). The molecule has 0 unspecified atom stereocenters. The normalized spacial score (nSPS) is 10.6. The molecule has 0 aromatic carbocycles. The molecule has 78 valence electrons. The van der Waals surface area contributed by atoms with Crippen molar-refractivity contribution in [2.24, 2.45) is 0 Å². The van der Waals surface area contributed by atoms with Crippen molar-refractivity contribution in [2.45, 2.75) is 4.90 Å². The Bertz CT molecular complexity index is 310. The van der Waals surface area contributed by atoms with E-state index in [1.807, 2.05) is 24.4 Å². The van der Waals surface area contributed by atoms with Crippen LogP contribution in [0.2, 0.25) is 0 Å². The molecule has 14 heavy (non-hydrogen) atoms. The van der Waals surface area contributed by atoms with E-state index in [1.165, 1.54) is 11.3 Å². The van der Waals surface area contributed by atoms with Crippen LogP contribution in [-0.4, -0.2) is 38.0 Å². The Kier molecular flexibility index (Phi) is 4.44. The predicted octanol–water partition coefficient (Wildman–Crippen LogP) is 1.33. The van der Waals surface area contributed by atoms with Gasteiger partial charge in [0.15, 0.2) is 0 Å². The number of likely N-dealkylation sites (N-methyl/N-ethyl adjacent to an activating group) is 1. The lowest BCUT2D eigenvalue weighted by Crippen LogP contribution is -2.30. The highest BCUT2D eigenvalue weighted by molar-refractivity contribution is 7.80. The van der Waals surface area contributed by atoms with Crippen molar-refractivity contribution in [1.29, 1.82) is 0 Å². The topological polar surface area (TPSA) is 32.3 Å². The summed E-state index contributed by atoms with van der Waals surface area (Å²) >= 11 is 5.56. The summed E-state index contributed by atoms with van der Waals surface area (Å²) in [5.41, 5.74) is 0. The van der Waals surface area contributed by atoms with Gasteiger partial charge in [-0.2, -0.15) is 0 Å². The largest absolute Gasteiger partial charge is 0.350 e. The summed E-state index contributed by atoms with van der Waals surface area (Å²) in [6, 6.07) is 1.78. The molecule has 0 saturated carbocycles. The number of carbonyl (C=O) groups excluding carboxylic acids is 1. The summed E-state index contributed by atoms with van der Waals surface area (Å²) in [6.45, 7) is 1.52.